The van der Waals surface area contributed by atoms with E-state index in [4.69, 9.17) is 4.18 Å². The third kappa shape index (κ3) is 3.33. The molecule has 0 amide bonds. The fraction of sp³-hybridized carbons (Fsp3) is 1.00. The molecule has 0 atom stereocenters. The van der Waals surface area contributed by atoms with Crippen LogP contribution in [0, 0.1) is 0 Å². The Morgan fingerprint density at radius 1 is 1.38 bits per heavy atom. The second-order valence-corrected chi connectivity index (χ2v) is 5.92. The first-order chi connectivity index (χ1) is 3.62. The average molecular weight is 136 g/mol. The van der Waals surface area contributed by atoms with Crippen molar-refractivity contribution in [3.8, 4) is 0 Å². The SMILES string of the molecule is CCCS(C)(C)OC. The largest absolute Gasteiger partial charge is 0.340 e. The predicted octanol–water partition coefficient (Wildman–Crippen LogP) is 2.02. The van der Waals surface area contributed by atoms with Gasteiger partial charge < -0.3 is 4.18 Å². The highest BCUT2D eigenvalue weighted by atomic mass is 32.3. The minimum atomic E-state index is -0.670. The van der Waals surface area contributed by atoms with Gasteiger partial charge in [-0.3, -0.25) is 0 Å². The van der Waals surface area contributed by atoms with E-state index in [2.05, 4.69) is 19.4 Å². The van der Waals surface area contributed by atoms with Crippen LogP contribution in [-0.2, 0) is 4.18 Å². The Balaban J connectivity index is 3.37. The zero-order valence-corrected chi connectivity index (χ0v) is 7.05. The smallest absolute Gasteiger partial charge is 0.0481 e. The molecule has 0 radical (unpaired) electrons. The summed E-state index contributed by atoms with van der Waals surface area (Å²) in [5, 5.41) is 0. The molecule has 0 fully saturated rings. The first kappa shape index (κ1) is 8.31. The van der Waals surface area contributed by atoms with Crippen molar-refractivity contribution in [3.05, 3.63) is 0 Å². The summed E-state index contributed by atoms with van der Waals surface area (Å²) in [5.74, 6) is 1.23. The number of hydrogen-bond donors (Lipinski definition) is 0. The summed E-state index contributed by atoms with van der Waals surface area (Å²) in [7, 11) is 1.13. The van der Waals surface area contributed by atoms with E-state index in [1.165, 1.54) is 12.2 Å². The molecule has 8 heavy (non-hydrogen) atoms. The lowest BCUT2D eigenvalue weighted by atomic mass is 10.6. The van der Waals surface area contributed by atoms with Crippen LogP contribution in [0.25, 0.3) is 0 Å². The summed E-state index contributed by atoms with van der Waals surface area (Å²) in [6, 6.07) is 0. The first-order valence-corrected chi connectivity index (χ1v) is 5.43. The van der Waals surface area contributed by atoms with Crippen LogP contribution in [0.4, 0.5) is 0 Å². The Kier molecular flexibility index (Phi) is 3.49. The van der Waals surface area contributed by atoms with Gasteiger partial charge >= 0.3 is 0 Å². The minimum absolute atomic E-state index is 0.670. The molecule has 0 saturated heterocycles. The fourth-order valence-electron chi connectivity index (χ4n) is 0.575. The van der Waals surface area contributed by atoms with Crippen LogP contribution in [0.15, 0.2) is 0 Å². The molecular formula is C6H16OS. The van der Waals surface area contributed by atoms with Crippen LogP contribution < -0.4 is 0 Å². The highest BCUT2D eigenvalue weighted by Gasteiger charge is 2.05. The topological polar surface area (TPSA) is 9.23 Å². The van der Waals surface area contributed by atoms with Crippen LogP contribution >= 0.6 is 10.3 Å². The maximum absolute atomic E-state index is 5.26. The number of rotatable bonds is 3. The summed E-state index contributed by atoms with van der Waals surface area (Å²) in [5.41, 5.74) is 0. The van der Waals surface area contributed by atoms with E-state index in [9.17, 15) is 0 Å². The second kappa shape index (κ2) is 3.36. The highest BCUT2D eigenvalue weighted by Crippen LogP contribution is 2.39. The Bertz CT molecular complexity index is 61.5. The molecule has 0 N–H and O–H groups in total. The Morgan fingerprint density at radius 3 is 2.00 bits per heavy atom. The normalized spacial score (nSPS) is 14.0. The van der Waals surface area contributed by atoms with Crippen molar-refractivity contribution in [1.82, 2.24) is 0 Å². The van der Waals surface area contributed by atoms with Crippen LogP contribution in [0.3, 0.4) is 0 Å². The molecule has 0 aromatic carbocycles. The van der Waals surface area contributed by atoms with E-state index in [1.807, 2.05) is 0 Å². The van der Waals surface area contributed by atoms with Gasteiger partial charge in [0.2, 0.25) is 0 Å². The standard InChI is InChI=1S/C6H16OS/c1-5-6-8(3,4)7-2/h5-6H2,1-4H3. The van der Waals surface area contributed by atoms with Crippen molar-refractivity contribution in [1.29, 1.82) is 0 Å². The lowest BCUT2D eigenvalue weighted by Gasteiger charge is -2.27. The molecule has 0 heterocycles. The maximum Gasteiger partial charge on any atom is 0.0481 e. The molecule has 0 unspecified atom stereocenters. The van der Waals surface area contributed by atoms with E-state index in [1.54, 1.807) is 7.11 Å². The summed E-state index contributed by atoms with van der Waals surface area (Å²) < 4.78 is 5.26. The van der Waals surface area contributed by atoms with E-state index in [0.29, 0.717) is 0 Å². The summed E-state index contributed by atoms with van der Waals surface area (Å²) >= 11 is 0. The maximum atomic E-state index is 5.26. The van der Waals surface area contributed by atoms with Gasteiger partial charge in [0, 0.05) is 7.11 Å². The van der Waals surface area contributed by atoms with Gasteiger partial charge in [-0.15, -0.1) is 10.3 Å². The fourth-order valence-corrected chi connectivity index (χ4v) is 1.72. The Labute approximate surface area is 53.9 Å². The Morgan fingerprint density at radius 2 is 1.88 bits per heavy atom. The van der Waals surface area contributed by atoms with Crippen molar-refractivity contribution >= 4 is 10.3 Å². The second-order valence-electron chi connectivity index (χ2n) is 2.31. The summed E-state index contributed by atoms with van der Waals surface area (Å²) in [4.78, 5) is 0. The van der Waals surface area contributed by atoms with E-state index < -0.39 is 10.3 Å². The van der Waals surface area contributed by atoms with Crippen LogP contribution in [0.5, 0.6) is 0 Å². The third-order valence-electron chi connectivity index (χ3n) is 1.15. The molecule has 0 aromatic rings. The Hall–Kier alpha value is 0.310. The molecule has 52 valence electrons. The monoisotopic (exact) mass is 136 g/mol. The molecular weight excluding hydrogens is 120 g/mol. The molecule has 0 spiro atoms. The third-order valence-corrected chi connectivity index (χ3v) is 3.44. The van der Waals surface area contributed by atoms with E-state index >= 15 is 0 Å². The zero-order valence-electron chi connectivity index (χ0n) is 6.23. The van der Waals surface area contributed by atoms with E-state index in [0.717, 1.165) is 0 Å². The van der Waals surface area contributed by atoms with Crippen molar-refractivity contribution in [2.75, 3.05) is 25.4 Å². The molecule has 0 aliphatic heterocycles. The lowest BCUT2D eigenvalue weighted by Crippen LogP contribution is -2.01. The lowest BCUT2D eigenvalue weighted by molar-refractivity contribution is 0.470. The first-order valence-electron chi connectivity index (χ1n) is 2.89. The van der Waals surface area contributed by atoms with Gasteiger partial charge in [0.15, 0.2) is 0 Å². The van der Waals surface area contributed by atoms with Gasteiger partial charge in [0.05, 0.1) is 0 Å². The molecule has 0 aliphatic carbocycles. The molecule has 0 aliphatic rings. The number of hydrogen-bond acceptors (Lipinski definition) is 1. The van der Waals surface area contributed by atoms with Gasteiger partial charge in [0.1, 0.15) is 0 Å². The quantitative estimate of drug-likeness (QED) is 0.577. The zero-order chi connectivity index (χ0) is 6.62. The molecule has 0 aromatic heterocycles. The highest BCUT2D eigenvalue weighted by molar-refractivity contribution is 8.28. The summed E-state index contributed by atoms with van der Waals surface area (Å²) in [6.45, 7) is 2.19. The van der Waals surface area contributed by atoms with E-state index in [-0.39, 0.29) is 0 Å². The van der Waals surface area contributed by atoms with Gasteiger partial charge in [-0.25, -0.2) is 0 Å². The van der Waals surface area contributed by atoms with Crippen molar-refractivity contribution in [3.63, 3.8) is 0 Å². The summed E-state index contributed by atoms with van der Waals surface area (Å²) in [6.07, 6.45) is 5.61. The molecule has 1 nitrogen and oxygen atoms in total. The predicted molar refractivity (Wildman–Crippen MR) is 41.6 cm³/mol. The van der Waals surface area contributed by atoms with Gasteiger partial charge in [-0.05, 0) is 24.7 Å². The molecule has 0 bridgehead atoms. The van der Waals surface area contributed by atoms with Crippen LogP contribution in [0.2, 0.25) is 0 Å². The van der Waals surface area contributed by atoms with Crippen LogP contribution in [0.1, 0.15) is 13.3 Å². The molecule has 2 heteroatoms. The van der Waals surface area contributed by atoms with Crippen molar-refractivity contribution in [2.45, 2.75) is 13.3 Å². The van der Waals surface area contributed by atoms with Gasteiger partial charge in [-0.2, -0.15) is 0 Å². The van der Waals surface area contributed by atoms with Crippen molar-refractivity contribution in [2.24, 2.45) is 0 Å². The molecule has 0 saturated carbocycles. The van der Waals surface area contributed by atoms with Crippen molar-refractivity contribution < 1.29 is 4.18 Å². The minimum Gasteiger partial charge on any atom is -0.340 e. The van der Waals surface area contributed by atoms with Crippen LogP contribution in [-0.4, -0.2) is 25.4 Å². The average Bonchev–Trinajstić information content (AvgIpc) is 1.67. The van der Waals surface area contributed by atoms with Gasteiger partial charge in [0.25, 0.3) is 0 Å². The molecule has 0 rings (SSSR count). The van der Waals surface area contributed by atoms with Gasteiger partial charge in [-0.1, -0.05) is 6.92 Å².